The van der Waals surface area contributed by atoms with Crippen molar-refractivity contribution >= 4 is 22.6 Å². The summed E-state index contributed by atoms with van der Waals surface area (Å²) in [7, 11) is 1.99. The molecule has 5 heteroatoms. The first kappa shape index (κ1) is 15.7. The van der Waals surface area contributed by atoms with Gasteiger partial charge in [0, 0.05) is 25.5 Å². The second-order valence-electron chi connectivity index (χ2n) is 6.29. The number of primary amides is 1. The molecule has 0 atom stereocenters. The first-order valence-electron chi connectivity index (χ1n) is 8.20. The number of aryl methyl sites for hydroxylation is 1. The van der Waals surface area contributed by atoms with Crippen molar-refractivity contribution in [3.8, 4) is 0 Å². The van der Waals surface area contributed by atoms with E-state index in [0.717, 1.165) is 29.6 Å². The minimum absolute atomic E-state index is 0.413. The van der Waals surface area contributed by atoms with Crippen LogP contribution in [0.2, 0.25) is 0 Å². The first-order valence-corrected chi connectivity index (χ1v) is 8.20. The number of nitrogens with zero attached hydrogens (tertiary/aromatic N) is 3. The van der Waals surface area contributed by atoms with Crippen LogP contribution < -0.4 is 10.6 Å². The van der Waals surface area contributed by atoms with Crippen molar-refractivity contribution in [2.75, 3.05) is 38.1 Å². The van der Waals surface area contributed by atoms with Crippen molar-refractivity contribution in [1.29, 1.82) is 0 Å². The molecule has 122 valence electrons. The number of fused-ring (bicyclic) bond motifs is 1. The van der Waals surface area contributed by atoms with E-state index < -0.39 is 5.91 Å². The van der Waals surface area contributed by atoms with Gasteiger partial charge < -0.3 is 15.5 Å². The average Bonchev–Trinajstić information content (AvgIpc) is 3.05. The third kappa shape index (κ3) is 3.15. The number of nitrogens with two attached hydrogens (primary N) is 1. The average molecular weight is 312 g/mol. The van der Waals surface area contributed by atoms with Crippen molar-refractivity contribution in [3.63, 3.8) is 0 Å². The van der Waals surface area contributed by atoms with E-state index in [1.54, 1.807) is 0 Å². The number of hydrogen-bond donors (Lipinski definition) is 1. The molecule has 0 saturated carbocycles. The fourth-order valence-corrected chi connectivity index (χ4v) is 3.34. The van der Waals surface area contributed by atoms with Crippen LogP contribution in [0.4, 0.5) is 5.82 Å². The number of carbonyl (C=O) groups is 1. The molecule has 0 radical (unpaired) electrons. The van der Waals surface area contributed by atoms with Crippen LogP contribution in [0.1, 0.15) is 28.8 Å². The maximum atomic E-state index is 12.0. The molecule has 1 saturated heterocycles. The third-order valence-corrected chi connectivity index (χ3v) is 4.69. The number of carbonyl (C=O) groups excluding carboxylic acids is 1. The number of pyridine rings is 1. The van der Waals surface area contributed by atoms with E-state index in [2.05, 4.69) is 9.80 Å². The molecular formula is C18H24N4O. The lowest BCUT2D eigenvalue weighted by Gasteiger charge is -2.25. The standard InChI is InChI=1S/C18H24N4O/c1-13-14-7-3-4-8-15(14)20-18(16(13)17(19)23)21(2)11-12-22-9-5-6-10-22/h3-4,7-8H,5-6,9-12H2,1-2H3,(H2,19,23). The number of benzene rings is 1. The summed E-state index contributed by atoms with van der Waals surface area (Å²) in [5, 5.41) is 0.984. The van der Waals surface area contributed by atoms with Gasteiger partial charge in [-0.25, -0.2) is 4.98 Å². The largest absolute Gasteiger partial charge is 0.365 e. The molecule has 2 aromatic rings. The Balaban J connectivity index is 1.94. The van der Waals surface area contributed by atoms with E-state index in [1.807, 2.05) is 38.2 Å². The quantitative estimate of drug-likeness (QED) is 0.919. The van der Waals surface area contributed by atoms with Crippen LogP contribution in [0.3, 0.4) is 0 Å². The van der Waals surface area contributed by atoms with Gasteiger partial charge >= 0.3 is 0 Å². The Labute approximate surface area is 137 Å². The van der Waals surface area contributed by atoms with Gasteiger partial charge in [0.2, 0.25) is 0 Å². The summed E-state index contributed by atoms with van der Waals surface area (Å²) in [4.78, 5) is 21.2. The zero-order valence-corrected chi connectivity index (χ0v) is 13.9. The van der Waals surface area contributed by atoms with E-state index >= 15 is 0 Å². The smallest absolute Gasteiger partial charge is 0.252 e. The summed E-state index contributed by atoms with van der Waals surface area (Å²) in [5.41, 5.74) is 7.99. The second-order valence-corrected chi connectivity index (χ2v) is 6.29. The summed E-state index contributed by atoms with van der Waals surface area (Å²) in [6.07, 6.45) is 2.56. The molecule has 1 fully saturated rings. The van der Waals surface area contributed by atoms with Crippen LogP contribution in [0, 0.1) is 6.92 Å². The normalized spacial score (nSPS) is 15.2. The number of aromatic nitrogens is 1. The SMILES string of the molecule is Cc1c(C(N)=O)c(N(C)CCN2CCCC2)nc2ccccc12. The number of amides is 1. The lowest BCUT2D eigenvalue weighted by Crippen LogP contribution is -2.33. The maximum absolute atomic E-state index is 12.0. The van der Waals surface area contributed by atoms with Crippen LogP contribution >= 0.6 is 0 Å². The van der Waals surface area contributed by atoms with E-state index in [9.17, 15) is 4.79 Å². The van der Waals surface area contributed by atoms with E-state index in [-0.39, 0.29) is 0 Å². The maximum Gasteiger partial charge on any atom is 0.252 e. The minimum Gasteiger partial charge on any atom is -0.365 e. The molecule has 5 nitrogen and oxygen atoms in total. The zero-order chi connectivity index (χ0) is 16.4. The van der Waals surface area contributed by atoms with Gasteiger partial charge in [-0.1, -0.05) is 18.2 Å². The van der Waals surface area contributed by atoms with Crippen LogP contribution in [-0.2, 0) is 0 Å². The molecule has 2 heterocycles. The van der Waals surface area contributed by atoms with Gasteiger partial charge in [0.1, 0.15) is 5.82 Å². The lowest BCUT2D eigenvalue weighted by atomic mass is 10.0. The number of likely N-dealkylation sites (N-methyl/N-ethyl adjacent to an activating group) is 1. The Bertz CT molecular complexity index is 722. The van der Waals surface area contributed by atoms with Crippen molar-refractivity contribution in [2.24, 2.45) is 5.73 Å². The monoisotopic (exact) mass is 312 g/mol. The van der Waals surface area contributed by atoms with Crippen molar-refractivity contribution in [3.05, 3.63) is 35.4 Å². The number of likely N-dealkylation sites (tertiary alicyclic amines) is 1. The van der Waals surface area contributed by atoms with Gasteiger partial charge in [-0.2, -0.15) is 0 Å². The lowest BCUT2D eigenvalue weighted by molar-refractivity contribution is 0.1000. The Morgan fingerprint density at radius 2 is 2.00 bits per heavy atom. The fourth-order valence-electron chi connectivity index (χ4n) is 3.34. The highest BCUT2D eigenvalue weighted by Crippen LogP contribution is 2.27. The summed E-state index contributed by atoms with van der Waals surface area (Å²) < 4.78 is 0. The summed E-state index contributed by atoms with van der Waals surface area (Å²) in [6.45, 7) is 6.11. The molecule has 1 aromatic heterocycles. The van der Waals surface area contributed by atoms with Crippen LogP contribution in [0.15, 0.2) is 24.3 Å². The molecule has 23 heavy (non-hydrogen) atoms. The highest BCUT2D eigenvalue weighted by atomic mass is 16.1. The summed E-state index contributed by atoms with van der Waals surface area (Å²) in [6, 6.07) is 7.88. The molecule has 0 unspecified atom stereocenters. The molecule has 0 spiro atoms. The van der Waals surface area contributed by atoms with E-state index in [1.165, 1.54) is 25.9 Å². The number of anilines is 1. The molecule has 1 aliphatic heterocycles. The fraction of sp³-hybridized carbons (Fsp3) is 0.444. The van der Waals surface area contributed by atoms with Gasteiger partial charge in [-0.15, -0.1) is 0 Å². The second kappa shape index (κ2) is 6.54. The van der Waals surface area contributed by atoms with Crippen LogP contribution in [0.5, 0.6) is 0 Å². The number of hydrogen-bond acceptors (Lipinski definition) is 4. The molecular weight excluding hydrogens is 288 g/mol. The number of rotatable bonds is 5. The van der Waals surface area contributed by atoms with Crippen LogP contribution in [-0.4, -0.2) is 49.0 Å². The molecule has 3 rings (SSSR count). The van der Waals surface area contributed by atoms with Crippen molar-refractivity contribution < 1.29 is 4.79 Å². The van der Waals surface area contributed by atoms with Gasteiger partial charge in [0.15, 0.2) is 0 Å². The Hall–Kier alpha value is -2.14. The highest BCUT2D eigenvalue weighted by molar-refractivity contribution is 6.04. The highest BCUT2D eigenvalue weighted by Gasteiger charge is 2.20. The van der Waals surface area contributed by atoms with Gasteiger partial charge in [-0.3, -0.25) is 4.79 Å². The first-order chi connectivity index (χ1) is 11.1. The predicted molar refractivity (Wildman–Crippen MR) is 93.9 cm³/mol. The van der Waals surface area contributed by atoms with Gasteiger partial charge in [0.25, 0.3) is 5.91 Å². The van der Waals surface area contributed by atoms with Gasteiger partial charge in [0.05, 0.1) is 11.1 Å². The molecule has 1 amide bonds. The summed E-state index contributed by atoms with van der Waals surface area (Å²) in [5.74, 6) is 0.275. The van der Waals surface area contributed by atoms with Crippen molar-refractivity contribution in [1.82, 2.24) is 9.88 Å². The Kier molecular flexibility index (Phi) is 4.48. The topological polar surface area (TPSA) is 62.5 Å². The molecule has 0 bridgehead atoms. The van der Waals surface area contributed by atoms with Crippen LogP contribution in [0.25, 0.3) is 10.9 Å². The minimum atomic E-state index is -0.413. The molecule has 1 aromatic carbocycles. The zero-order valence-electron chi connectivity index (χ0n) is 13.9. The molecule has 2 N–H and O–H groups in total. The molecule has 0 aliphatic carbocycles. The summed E-state index contributed by atoms with van der Waals surface area (Å²) >= 11 is 0. The van der Waals surface area contributed by atoms with E-state index in [4.69, 9.17) is 10.7 Å². The third-order valence-electron chi connectivity index (χ3n) is 4.69. The Morgan fingerprint density at radius 3 is 2.70 bits per heavy atom. The van der Waals surface area contributed by atoms with Crippen molar-refractivity contribution in [2.45, 2.75) is 19.8 Å². The number of para-hydroxylation sites is 1. The predicted octanol–water partition coefficient (Wildman–Crippen LogP) is 2.17. The van der Waals surface area contributed by atoms with Gasteiger partial charge in [-0.05, 0) is 44.5 Å². The molecule has 1 aliphatic rings. The van der Waals surface area contributed by atoms with E-state index in [0.29, 0.717) is 11.4 Å². The Morgan fingerprint density at radius 1 is 1.30 bits per heavy atom.